The largest absolute Gasteiger partial charge is 0.378 e. The summed E-state index contributed by atoms with van der Waals surface area (Å²) in [4.78, 5) is 11.2. The number of hydrogen-bond acceptors (Lipinski definition) is 5. The molecule has 26 heavy (non-hydrogen) atoms. The minimum absolute atomic E-state index is 0.275. The van der Waals surface area contributed by atoms with Gasteiger partial charge in [0.1, 0.15) is 0 Å². The van der Waals surface area contributed by atoms with E-state index in [2.05, 4.69) is 50.5 Å². The molecule has 2 aromatic rings. The zero-order valence-electron chi connectivity index (χ0n) is 15.3. The van der Waals surface area contributed by atoms with Gasteiger partial charge in [-0.1, -0.05) is 30.3 Å². The van der Waals surface area contributed by atoms with Crippen LogP contribution < -0.4 is 5.32 Å². The molecule has 0 bridgehead atoms. The van der Waals surface area contributed by atoms with Crippen molar-refractivity contribution in [3.05, 3.63) is 54.4 Å². The number of anilines is 1. The Labute approximate surface area is 155 Å². The monoisotopic (exact) mass is 352 g/mol. The summed E-state index contributed by atoms with van der Waals surface area (Å²) >= 11 is 0. The lowest BCUT2D eigenvalue weighted by molar-refractivity contribution is -0.0199. The topological polar surface area (TPSA) is 50.3 Å². The fraction of sp³-hybridized carbons (Fsp3) is 0.524. The molecule has 138 valence electrons. The molecule has 4 rings (SSSR count). The third-order valence-electron chi connectivity index (χ3n) is 5.88. The summed E-state index contributed by atoms with van der Waals surface area (Å²) in [6.07, 6.45) is 8.51. The molecule has 2 atom stereocenters. The molecule has 2 fully saturated rings. The van der Waals surface area contributed by atoms with Gasteiger partial charge in [0.15, 0.2) is 0 Å². The summed E-state index contributed by atoms with van der Waals surface area (Å²) < 4.78 is 6.09. The molecule has 0 amide bonds. The molecular weight excluding hydrogens is 324 g/mol. The van der Waals surface area contributed by atoms with Crippen molar-refractivity contribution in [2.24, 2.45) is 5.41 Å². The lowest BCUT2D eigenvalue weighted by Gasteiger charge is -2.44. The second-order valence-electron chi connectivity index (χ2n) is 7.52. The minimum atomic E-state index is 0.275. The van der Waals surface area contributed by atoms with Gasteiger partial charge in [-0.05, 0) is 37.3 Å². The first-order valence-electron chi connectivity index (χ1n) is 9.73. The molecule has 2 aliphatic rings. The van der Waals surface area contributed by atoms with Gasteiger partial charge in [0.05, 0.1) is 6.10 Å². The highest BCUT2D eigenvalue weighted by molar-refractivity contribution is 5.22. The molecule has 5 nitrogen and oxygen atoms in total. The highest BCUT2D eigenvalue weighted by Crippen LogP contribution is 2.43. The Morgan fingerprint density at radius 2 is 2.00 bits per heavy atom. The van der Waals surface area contributed by atoms with Crippen LogP contribution in [0.25, 0.3) is 0 Å². The predicted molar refractivity (Wildman–Crippen MR) is 103 cm³/mol. The molecule has 3 heterocycles. The summed E-state index contributed by atoms with van der Waals surface area (Å²) in [5.74, 6) is 0.719. The summed E-state index contributed by atoms with van der Waals surface area (Å²) in [7, 11) is 0. The molecule has 0 saturated carbocycles. The van der Waals surface area contributed by atoms with Crippen LogP contribution in [0.5, 0.6) is 0 Å². The number of hydrogen-bond donors (Lipinski definition) is 1. The summed E-state index contributed by atoms with van der Waals surface area (Å²) in [5, 5.41) is 3.38. The smallest absolute Gasteiger partial charge is 0.222 e. The number of aromatic nitrogens is 2. The van der Waals surface area contributed by atoms with Crippen molar-refractivity contribution >= 4 is 5.95 Å². The second kappa shape index (κ2) is 8.14. The highest BCUT2D eigenvalue weighted by Gasteiger charge is 2.47. The Morgan fingerprint density at radius 1 is 1.15 bits per heavy atom. The fourth-order valence-corrected chi connectivity index (χ4v) is 4.44. The van der Waals surface area contributed by atoms with Crippen molar-refractivity contribution < 1.29 is 4.74 Å². The van der Waals surface area contributed by atoms with Gasteiger partial charge in [-0.25, -0.2) is 9.97 Å². The van der Waals surface area contributed by atoms with Gasteiger partial charge in [0.25, 0.3) is 0 Å². The van der Waals surface area contributed by atoms with E-state index >= 15 is 0 Å². The molecule has 0 spiro atoms. The van der Waals surface area contributed by atoms with Crippen LogP contribution in [0.4, 0.5) is 5.95 Å². The van der Waals surface area contributed by atoms with E-state index in [-0.39, 0.29) is 5.41 Å². The molecule has 5 heteroatoms. The molecule has 2 saturated heterocycles. The maximum absolute atomic E-state index is 6.09. The van der Waals surface area contributed by atoms with Crippen molar-refractivity contribution in [3.63, 3.8) is 0 Å². The average molecular weight is 352 g/mol. The van der Waals surface area contributed by atoms with Gasteiger partial charge in [-0.15, -0.1) is 0 Å². The Morgan fingerprint density at radius 3 is 2.85 bits per heavy atom. The number of likely N-dealkylation sites (tertiary alicyclic amines) is 1. The van der Waals surface area contributed by atoms with E-state index in [4.69, 9.17) is 4.74 Å². The number of piperidine rings is 1. The molecule has 1 N–H and O–H groups in total. The average Bonchev–Trinajstić information content (AvgIpc) is 3.11. The van der Waals surface area contributed by atoms with Crippen molar-refractivity contribution in [1.29, 1.82) is 0 Å². The van der Waals surface area contributed by atoms with Gasteiger partial charge in [-0.2, -0.15) is 0 Å². The first-order chi connectivity index (χ1) is 12.8. The molecule has 0 radical (unpaired) electrons. The number of rotatable bonds is 7. The van der Waals surface area contributed by atoms with E-state index in [9.17, 15) is 0 Å². The van der Waals surface area contributed by atoms with Crippen LogP contribution in [0.1, 0.15) is 24.8 Å². The first-order valence-corrected chi connectivity index (χ1v) is 9.73. The third kappa shape index (κ3) is 4.05. The number of nitrogens with one attached hydrogen (secondary N) is 1. The standard InChI is InChI=1S/C21H28N4O/c1-2-5-18(6-3-1)7-14-25-15-8-19-21(17-25,10-16-26-19)9-13-24-20-22-11-4-12-23-20/h1-6,11-12,19H,7-10,13-17H2,(H,22,23,24)/t19-,21+/m0/s1. The Bertz CT molecular complexity index is 681. The van der Waals surface area contributed by atoms with E-state index in [0.29, 0.717) is 6.10 Å². The van der Waals surface area contributed by atoms with Crippen molar-refractivity contribution in [3.8, 4) is 0 Å². The zero-order valence-corrected chi connectivity index (χ0v) is 15.3. The van der Waals surface area contributed by atoms with Crippen LogP contribution in [-0.4, -0.2) is 53.8 Å². The van der Waals surface area contributed by atoms with E-state index in [1.54, 1.807) is 12.4 Å². The molecule has 2 aliphatic heterocycles. The number of ether oxygens (including phenoxy) is 1. The first kappa shape index (κ1) is 17.4. The quantitative estimate of drug-likeness (QED) is 0.830. The lowest BCUT2D eigenvalue weighted by Crippen LogP contribution is -2.50. The van der Waals surface area contributed by atoms with Gasteiger partial charge in [0.2, 0.25) is 5.95 Å². The van der Waals surface area contributed by atoms with Gasteiger partial charge in [-0.3, -0.25) is 0 Å². The van der Waals surface area contributed by atoms with Gasteiger partial charge >= 0.3 is 0 Å². The molecule has 1 aromatic heterocycles. The summed E-state index contributed by atoms with van der Waals surface area (Å²) in [6, 6.07) is 12.6. The van der Waals surface area contributed by atoms with E-state index in [1.807, 2.05) is 6.07 Å². The Balaban J connectivity index is 1.33. The van der Waals surface area contributed by atoms with E-state index in [1.165, 1.54) is 5.56 Å². The second-order valence-corrected chi connectivity index (χ2v) is 7.52. The predicted octanol–water partition coefficient (Wildman–Crippen LogP) is 3.00. The molecule has 0 aliphatic carbocycles. The molecule has 1 aromatic carbocycles. The lowest BCUT2D eigenvalue weighted by atomic mass is 9.74. The minimum Gasteiger partial charge on any atom is -0.378 e. The van der Waals surface area contributed by atoms with E-state index in [0.717, 1.165) is 64.4 Å². The van der Waals surface area contributed by atoms with Crippen LogP contribution in [0, 0.1) is 5.41 Å². The summed E-state index contributed by atoms with van der Waals surface area (Å²) in [6.45, 7) is 5.22. The van der Waals surface area contributed by atoms with Crippen molar-refractivity contribution in [1.82, 2.24) is 14.9 Å². The van der Waals surface area contributed by atoms with Crippen LogP contribution in [0.2, 0.25) is 0 Å². The normalized spacial score (nSPS) is 25.8. The Kier molecular flexibility index (Phi) is 5.46. The number of nitrogens with zero attached hydrogens (tertiary/aromatic N) is 3. The maximum Gasteiger partial charge on any atom is 0.222 e. The fourth-order valence-electron chi connectivity index (χ4n) is 4.44. The highest BCUT2D eigenvalue weighted by atomic mass is 16.5. The molecule has 0 unspecified atom stereocenters. The number of fused-ring (bicyclic) bond motifs is 1. The van der Waals surface area contributed by atoms with Crippen molar-refractivity contribution in [2.75, 3.05) is 38.1 Å². The molecular formula is C21H28N4O. The maximum atomic E-state index is 6.09. The van der Waals surface area contributed by atoms with Crippen LogP contribution in [-0.2, 0) is 11.2 Å². The van der Waals surface area contributed by atoms with Crippen LogP contribution >= 0.6 is 0 Å². The Hall–Kier alpha value is -1.98. The van der Waals surface area contributed by atoms with Crippen LogP contribution in [0.15, 0.2) is 48.8 Å². The SMILES string of the molecule is c1ccc(CCN2CC[C@@H]3OCC[C@]3(CCNc3ncccn3)C2)cc1. The number of benzene rings is 1. The summed E-state index contributed by atoms with van der Waals surface area (Å²) in [5.41, 5.74) is 1.70. The van der Waals surface area contributed by atoms with Crippen molar-refractivity contribution in [2.45, 2.75) is 31.8 Å². The van der Waals surface area contributed by atoms with Gasteiger partial charge < -0.3 is 15.0 Å². The van der Waals surface area contributed by atoms with E-state index < -0.39 is 0 Å². The van der Waals surface area contributed by atoms with Gasteiger partial charge in [0, 0.05) is 50.6 Å². The van der Waals surface area contributed by atoms with Crippen LogP contribution in [0.3, 0.4) is 0 Å². The third-order valence-corrected chi connectivity index (χ3v) is 5.88. The zero-order chi connectivity index (χ0) is 17.7.